The van der Waals surface area contributed by atoms with Crippen LogP contribution in [0.15, 0.2) is 27.2 Å². The number of aliphatic carboxylic acids is 1. The van der Waals surface area contributed by atoms with Crippen molar-refractivity contribution < 1.29 is 23.9 Å². The molecular formula is C17H19NO5. The zero-order valence-corrected chi connectivity index (χ0v) is 13.8. The van der Waals surface area contributed by atoms with Crippen LogP contribution in [0, 0.1) is 13.8 Å². The largest absolute Gasteiger partial charge is 0.480 e. The Labute approximate surface area is 134 Å². The highest BCUT2D eigenvalue weighted by atomic mass is 16.4. The Bertz CT molecular complexity index is 775. The number of likely N-dealkylation sites (tertiary alicyclic amines) is 1. The van der Waals surface area contributed by atoms with Crippen LogP contribution in [0.4, 0.5) is 0 Å². The van der Waals surface area contributed by atoms with Crippen LogP contribution in [-0.4, -0.2) is 34.3 Å². The summed E-state index contributed by atoms with van der Waals surface area (Å²) in [6, 6.07) is 1.80. The molecule has 23 heavy (non-hydrogen) atoms. The fourth-order valence-corrected chi connectivity index (χ4v) is 2.80. The molecule has 1 N–H and O–H groups in total. The van der Waals surface area contributed by atoms with E-state index < -0.39 is 24.3 Å². The van der Waals surface area contributed by atoms with E-state index in [4.69, 9.17) is 9.52 Å². The maximum atomic E-state index is 12.6. The summed E-state index contributed by atoms with van der Waals surface area (Å²) in [5, 5.41) is 8.93. The number of imide groups is 1. The number of nitrogens with zero attached hydrogens (tertiary/aromatic N) is 1. The first-order valence-electron chi connectivity index (χ1n) is 7.19. The summed E-state index contributed by atoms with van der Waals surface area (Å²) in [5.41, 5.74) is 2.55. The first-order valence-corrected chi connectivity index (χ1v) is 7.19. The van der Waals surface area contributed by atoms with Crippen molar-refractivity contribution in [3.05, 3.63) is 39.9 Å². The second-order valence-corrected chi connectivity index (χ2v) is 5.79. The van der Waals surface area contributed by atoms with Gasteiger partial charge in [-0.2, -0.15) is 0 Å². The van der Waals surface area contributed by atoms with Crippen LogP contribution in [0.25, 0.3) is 5.57 Å². The van der Waals surface area contributed by atoms with Crippen LogP contribution < -0.4 is 0 Å². The van der Waals surface area contributed by atoms with Gasteiger partial charge in [-0.15, -0.1) is 0 Å². The highest BCUT2D eigenvalue weighted by molar-refractivity contribution is 6.28. The lowest BCUT2D eigenvalue weighted by Gasteiger charge is -2.09. The third-order valence-corrected chi connectivity index (χ3v) is 3.78. The second-order valence-electron chi connectivity index (χ2n) is 5.79. The van der Waals surface area contributed by atoms with Crippen molar-refractivity contribution in [3.8, 4) is 0 Å². The van der Waals surface area contributed by atoms with Gasteiger partial charge in [-0.25, -0.2) is 0 Å². The van der Waals surface area contributed by atoms with Crippen molar-refractivity contribution in [2.75, 3.05) is 6.54 Å². The minimum atomic E-state index is -1.23. The Morgan fingerprint density at radius 2 is 1.70 bits per heavy atom. The molecule has 6 nitrogen and oxygen atoms in total. The van der Waals surface area contributed by atoms with E-state index in [1.54, 1.807) is 40.7 Å². The molecule has 1 aromatic rings. The standard InChI is InChI=1S/C17H19NO5/c1-8(2)14-15(10(4)12-6-9(3)23-11(12)5)17(22)18(16(14)21)7-13(19)20/h6H,7H2,1-5H3,(H,19,20)/b15-10-. The molecule has 0 unspecified atom stereocenters. The lowest BCUT2D eigenvalue weighted by molar-refractivity contribution is -0.147. The molecule has 0 saturated carbocycles. The van der Waals surface area contributed by atoms with Crippen LogP contribution in [-0.2, 0) is 14.4 Å². The van der Waals surface area contributed by atoms with Gasteiger partial charge in [0.15, 0.2) is 0 Å². The van der Waals surface area contributed by atoms with Crippen LogP contribution in [0.1, 0.15) is 37.9 Å². The van der Waals surface area contributed by atoms with E-state index in [0.29, 0.717) is 22.7 Å². The number of hydrogen-bond acceptors (Lipinski definition) is 4. The first-order chi connectivity index (χ1) is 10.6. The molecule has 2 amide bonds. The molecule has 122 valence electrons. The summed E-state index contributed by atoms with van der Waals surface area (Å²) in [4.78, 5) is 36.8. The molecule has 0 aliphatic carbocycles. The van der Waals surface area contributed by atoms with Crippen LogP contribution >= 0.6 is 0 Å². The molecule has 0 atom stereocenters. The number of hydrogen-bond donors (Lipinski definition) is 1. The van der Waals surface area contributed by atoms with Crippen molar-refractivity contribution >= 4 is 23.4 Å². The van der Waals surface area contributed by atoms with Gasteiger partial charge >= 0.3 is 5.97 Å². The van der Waals surface area contributed by atoms with E-state index in [0.717, 1.165) is 10.5 Å². The van der Waals surface area contributed by atoms with E-state index in [-0.39, 0.29) is 11.1 Å². The van der Waals surface area contributed by atoms with Gasteiger partial charge < -0.3 is 9.52 Å². The van der Waals surface area contributed by atoms with Crippen molar-refractivity contribution in [1.82, 2.24) is 4.90 Å². The number of carbonyl (C=O) groups excluding carboxylic acids is 2. The zero-order valence-electron chi connectivity index (χ0n) is 13.8. The van der Waals surface area contributed by atoms with Gasteiger partial charge in [0, 0.05) is 5.56 Å². The van der Waals surface area contributed by atoms with Crippen molar-refractivity contribution in [2.24, 2.45) is 0 Å². The fourth-order valence-electron chi connectivity index (χ4n) is 2.80. The average molecular weight is 317 g/mol. The summed E-state index contributed by atoms with van der Waals surface area (Å²) < 4.78 is 5.49. The van der Waals surface area contributed by atoms with Gasteiger partial charge in [-0.1, -0.05) is 5.57 Å². The Balaban J connectivity index is 2.68. The maximum Gasteiger partial charge on any atom is 0.323 e. The third kappa shape index (κ3) is 2.84. The number of carboxylic acids is 1. The molecule has 6 heteroatoms. The van der Waals surface area contributed by atoms with Gasteiger partial charge in [-0.05, 0) is 46.3 Å². The Hall–Kier alpha value is -2.63. The zero-order chi connectivity index (χ0) is 17.5. The Kier molecular flexibility index (Phi) is 4.27. The quantitative estimate of drug-likeness (QED) is 0.683. The third-order valence-electron chi connectivity index (χ3n) is 3.78. The molecule has 0 spiro atoms. The summed E-state index contributed by atoms with van der Waals surface area (Å²) in [7, 11) is 0. The number of aryl methyl sites for hydroxylation is 2. The fraction of sp³-hybridized carbons (Fsp3) is 0.353. The molecule has 1 aliphatic rings. The molecule has 2 rings (SSSR count). The van der Waals surface area contributed by atoms with E-state index in [1.807, 2.05) is 0 Å². The van der Waals surface area contributed by atoms with Gasteiger partial charge in [0.2, 0.25) is 0 Å². The number of allylic oxidation sites excluding steroid dienone is 2. The minimum Gasteiger partial charge on any atom is -0.480 e. The van der Waals surface area contributed by atoms with Crippen LogP contribution in [0.2, 0.25) is 0 Å². The highest BCUT2D eigenvalue weighted by Gasteiger charge is 2.41. The lowest BCUT2D eigenvalue weighted by atomic mass is 9.95. The van der Waals surface area contributed by atoms with Crippen molar-refractivity contribution in [1.29, 1.82) is 0 Å². The smallest absolute Gasteiger partial charge is 0.323 e. The maximum absolute atomic E-state index is 12.6. The molecule has 0 aromatic carbocycles. The normalized spacial score (nSPS) is 17.1. The van der Waals surface area contributed by atoms with Gasteiger partial charge in [0.1, 0.15) is 18.1 Å². The van der Waals surface area contributed by atoms with E-state index in [1.165, 1.54) is 0 Å². The van der Waals surface area contributed by atoms with Crippen molar-refractivity contribution in [2.45, 2.75) is 34.6 Å². The van der Waals surface area contributed by atoms with Crippen molar-refractivity contribution in [3.63, 3.8) is 0 Å². The predicted molar refractivity (Wildman–Crippen MR) is 83.5 cm³/mol. The summed E-state index contributed by atoms with van der Waals surface area (Å²) in [6.07, 6.45) is 0. The molecule has 1 fully saturated rings. The number of furan rings is 1. The summed E-state index contributed by atoms with van der Waals surface area (Å²) in [5.74, 6) is -1.02. The topological polar surface area (TPSA) is 87.8 Å². The number of rotatable bonds is 3. The summed E-state index contributed by atoms with van der Waals surface area (Å²) >= 11 is 0. The lowest BCUT2D eigenvalue weighted by Crippen LogP contribution is -2.34. The van der Waals surface area contributed by atoms with Gasteiger partial charge in [0.25, 0.3) is 11.8 Å². The number of carbonyl (C=O) groups is 3. The van der Waals surface area contributed by atoms with Gasteiger partial charge in [-0.3, -0.25) is 19.3 Å². The monoisotopic (exact) mass is 317 g/mol. The Morgan fingerprint density at radius 1 is 1.13 bits per heavy atom. The molecule has 1 aromatic heterocycles. The van der Waals surface area contributed by atoms with Crippen LogP contribution in [0.3, 0.4) is 0 Å². The minimum absolute atomic E-state index is 0.250. The number of carboxylic acid groups (broad SMARTS) is 1. The molecule has 2 heterocycles. The van der Waals surface area contributed by atoms with E-state index >= 15 is 0 Å². The number of amides is 2. The van der Waals surface area contributed by atoms with E-state index in [9.17, 15) is 14.4 Å². The van der Waals surface area contributed by atoms with Gasteiger partial charge in [0.05, 0.1) is 11.1 Å². The molecule has 1 aliphatic heterocycles. The average Bonchev–Trinajstić information content (AvgIpc) is 2.88. The van der Waals surface area contributed by atoms with Crippen LogP contribution in [0.5, 0.6) is 0 Å². The Morgan fingerprint density at radius 3 is 2.13 bits per heavy atom. The van der Waals surface area contributed by atoms with E-state index in [2.05, 4.69) is 0 Å². The summed E-state index contributed by atoms with van der Waals surface area (Å²) in [6.45, 7) is 8.14. The predicted octanol–water partition coefficient (Wildman–Crippen LogP) is 2.46. The second kappa shape index (κ2) is 5.87. The first kappa shape index (κ1) is 16.7. The highest BCUT2D eigenvalue weighted by Crippen LogP contribution is 2.35. The SMILES string of the molecule is CC(C)=C1C(=O)N(CC(=O)O)C(=O)/C1=C(/C)c1cc(C)oc1C. The molecule has 0 bridgehead atoms. The molecule has 0 radical (unpaired) electrons. The molecular weight excluding hydrogens is 298 g/mol. The molecule has 1 saturated heterocycles.